The van der Waals surface area contributed by atoms with Gasteiger partial charge in [-0.15, -0.1) is 11.3 Å². The molecule has 1 aliphatic carbocycles. The normalized spacial score (nSPS) is 19.7. The van der Waals surface area contributed by atoms with Crippen molar-refractivity contribution >= 4 is 33.3 Å². The number of hydrogen-bond donors (Lipinski definition) is 3. The van der Waals surface area contributed by atoms with Crippen LogP contribution in [0.2, 0.25) is 0 Å². The molecule has 6 rings (SSSR count). The maximum Gasteiger partial charge on any atom is 0.319 e. The number of halogens is 1. The Bertz CT molecular complexity index is 1480. The molecular formula is C29H31FN6O2S. The number of thiophene rings is 1. The number of carbonyl (C=O) groups excluding carboxylic acids is 1. The second-order valence-electron chi connectivity index (χ2n) is 10.5. The van der Waals surface area contributed by atoms with E-state index >= 15 is 0 Å². The Morgan fingerprint density at radius 3 is 2.64 bits per heavy atom. The van der Waals surface area contributed by atoms with Gasteiger partial charge < -0.3 is 20.7 Å². The second kappa shape index (κ2) is 10.9. The summed E-state index contributed by atoms with van der Waals surface area (Å²) in [7, 11) is 0. The molecule has 1 aromatic carbocycles. The highest BCUT2D eigenvalue weighted by Gasteiger charge is 2.23. The molecule has 0 unspecified atom stereocenters. The number of piperazine rings is 1. The Kier molecular flexibility index (Phi) is 7.16. The number of amides is 2. The van der Waals surface area contributed by atoms with E-state index in [-0.39, 0.29) is 17.8 Å². The van der Waals surface area contributed by atoms with E-state index < -0.39 is 5.82 Å². The Morgan fingerprint density at radius 1 is 1.10 bits per heavy atom. The zero-order valence-corrected chi connectivity index (χ0v) is 22.7. The van der Waals surface area contributed by atoms with Gasteiger partial charge >= 0.3 is 6.03 Å². The van der Waals surface area contributed by atoms with E-state index in [0.29, 0.717) is 23.5 Å². The molecule has 2 amide bonds. The largest absolute Gasteiger partial charge is 0.453 e. The Balaban J connectivity index is 1.16. The third kappa shape index (κ3) is 6.19. The maximum atomic E-state index is 14.9. The molecule has 1 aliphatic heterocycles. The number of benzene rings is 1. The molecule has 8 nitrogen and oxygen atoms in total. The van der Waals surface area contributed by atoms with Gasteiger partial charge in [0.15, 0.2) is 11.6 Å². The Morgan fingerprint density at radius 2 is 1.92 bits per heavy atom. The lowest BCUT2D eigenvalue weighted by Crippen LogP contribution is -2.53. The molecule has 0 radical (unpaired) electrons. The van der Waals surface area contributed by atoms with Crippen molar-refractivity contribution in [3.8, 4) is 22.1 Å². The fraction of sp³-hybridized carbons (Fsp3) is 0.345. The predicted octanol–water partition coefficient (Wildman–Crippen LogP) is 5.76. The average molecular weight is 547 g/mol. The predicted molar refractivity (Wildman–Crippen MR) is 152 cm³/mol. The van der Waals surface area contributed by atoms with E-state index in [2.05, 4.69) is 45.7 Å². The topological polar surface area (TPSA) is 91.4 Å². The van der Waals surface area contributed by atoms with E-state index in [9.17, 15) is 9.18 Å². The van der Waals surface area contributed by atoms with Crippen molar-refractivity contribution in [1.82, 2.24) is 25.5 Å². The number of nitrogens with zero attached hydrogens (tertiary/aromatic N) is 3. The van der Waals surface area contributed by atoms with Crippen LogP contribution in [-0.2, 0) is 6.54 Å². The first kappa shape index (κ1) is 25.7. The molecule has 2 aliphatic rings. The number of anilines is 1. The lowest BCUT2D eigenvalue weighted by molar-refractivity contribution is 0.166. The van der Waals surface area contributed by atoms with Crippen molar-refractivity contribution in [2.24, 2.45) is 0 Å². The minimum atomic E-state index is -0.563. The Hall–Kier alpha value is -3.60. The number of hydrogen-bond acceptors (Lipinski definition) is 7. The van der Waals surface area contributed by atoms with Crippen LogP contribution in [0.5, 0.6) is 11.5 Å². The highest BCUT2D eigenvalue weighted by atomic mass is 32.1. The van der Waals surface area contributed by atoms with Gasteiger partial charge in [-0.25, -0.2) is 9.18 Å². The lowest BCUT2D eigenvalue weighted by atomic mass is 10.1. The fourth-order valence-corrected chi connectivity index (χ4v) is 6.02. The third-order valence-corrected chi connectivity index (χ3v) is 7.98. The lowest BCUT2D eigenvalue weighted by Gasteiger charge is -2.36. The number of ether oxygens (including phenoxy) is 1. The number of urea groups is 1. The van der Waals surface area contributed by atoms with Crippen molar-refractivity contribution in [1.29, 1.82) is 0 Å². The van der Waals surface area contributed by atoms with Gasteiger partial charge in [-0.05, 0) is 56.5 Å². The van der Waals surface area contributed by atoms with Gasteiger partial charge in [-0.1, -0.05) is 6.07 Å². The summed E-state index contributed by atoms with van der Waals surface area (Å²) in [6, 6.07) is 13.1. The van der Waals surface area contributed by atoms with E-state index in [4.69, 9.17) is 9.72 Å². The summed E-state index contributed by atoms with van der Waals surface area (Å²) in [5, 5.41) is 9.05. The molecule has 3 N–H and O–H groups in total. The van der Waals surface area contributed by atoms with Gasteiger partial charge in [-0.3, -0.25) is 14.9 Å². The highest BCUT2D eigenvalue weighted by Crippen LogP contribution is 2.39. The summed E-state index contributed by atoms with van der Waals surface area (Å²) in [5.74, 6) is 0.0250. The molecule has 0 spiro atoms. The molecule has 1 saturated heterocycles. The zero-order valence-electron chi connectivity index (χ0n) is 21.9. The minimum Gasteiger partial charge on any atom is -0.453 e. The average Bonchev–Trinajstić information content (AvgIpc) is 3.59. The molecule has 1 saturated carbocycles. The number of nitrogens with one attached hydrogen (secondary N) is 3. The fourth-order valence-electron chi connectivity index (χ4n) is 4.97. The summed E-state index contributed by atoms with van der Waals surface area (Å²) in [6.45, 7) is 7.35. The van der Waals surface area contributed by atoms with E-state index in [1.54, 1.807) is 18.3 Å². The van der Waals surface area contributed by atoms with Gasteiger partial charge in [0.25, 0.3) is 0 Å². The summed E-state index contributed by atoms with van der Waals surface area (Å²) in [5.41, 5.74) is 3.17. The van der Waals surface area contributed by atoms with Crippen LogP contribution in [0.1, 0.15) is 32.3 Å². The number of carbonyl (C=O) groups is 1. The molecule has 39 heavy (non-hydrogen) atoms. The highest BCUT2D eigenvalue weighted by molar-refractivity contribution is 7.22. The third-order valence-electron chi connectivity index (χ3n) is 6.81. The van der Waals surface area contributed by atoms with Gasteiger partial charge in [0.2, 0.25) is 0 Å². The number of rotatable bonds is 7. The molecule has 4 aromatic rings. The molecule has 4 heterocycles. The molecule has 2 atom stereocenters. The first-order valence-corrected chi connectivity index (χ1v) is 14.1. The first-order valence-electron chi connectivity index (χ1n) is 13.3. The van der Waals surface area contributed by atoms with Crippen molar-refractivity contribution < 1.29 is 13.9 Å². The number of pyridine rings is 2. The van der Waals surface area contributed by atoms with Crippen LogP contribution in [0.4, 0.5) is 14.9 Å². The van der Waals surface area contributed by atoms with Crippen LogP contribution >= 0.6 is 11.3 Å². The molecule has 3 aromatic heterocycles. The van der Waals surface area contributed by atoms with E-state index in [0.717, 1.165) is 53.3 Å². The summed E-state index contributed by atoms with van der Waals surface area (Å²) in [6.07, 6.45) is 5.56. The van der Waals surface area contributed by atoms with Crippen LogP contribution < -0.4 is 20.7 Å². The first-order chi connectivity index (χ1) is 18.9. The van der Waals surface area contributed by atoms with Gasteiger partial charge in [-0.2, -0.15) is 0 Å². The molecule has 0 bridgehead atoms. The van der Waals surface area contributed by atoms with Crippen LogP contribution in [0.15, 0.2) is 54.9 Å². The summed E-state index contributed by atoms with van der Waals surface area (Å²) in [4.78, 5) is 24.6. The standard InChI is InChI=1S/C29H31FN6O2S/c1-17-14-36(15-18(2)33-17)16-19-3-7-23(32-13-19)27-12-24-28(39-27)26(9-10-31-24)38-25-8-6-21(11-22(25)30)35-29(37)34-20-4-5-20/h3,6-13,17-18,20,33H,4-5,14-16H2,1-2H3,(H2,34,35,37)/t17-,18+. The van der Waals surface area contributed by atoms with Crippen molar-refractivity contribution in [2.75, 3.05) is 18.4 Å². The second-order valence-corrected chi connectivity index (χ2v) is 11.5. The number of fused-ring (bicyclic) bond motifs is 1. The molecule has 2 fully saturated rings. The smallest absolute Gasteiger partial charge is 0.319 e. The summed E-state index contributed by atoms with van der Waals surface area (Å²) < 4.78 is 21.6. The SMILES string of the molecule is C[C@@H]1CN(Cc2ccc(-c3cc4nccc(Oc5ccc(NC(=O)NC6CC6)cc5F)c4s3)nc2)C[C@H](C)N1. The molecule has 202 valence electrons. The molecular weight excluding hydrogens is 515 g/mol. The molecule has 10 heteroatoms. The monoisotopic (exact) mass is 546 g/mol. The summed E-state index contributed by atoms with van der Waals surface area (Å²) >= 11 is 1.51. The van der Waals surface area contributed by atoms with Crippen molar-refractivity contribution in [3.63, 3.8) is 0 Å². The zero-order chi connectivity index (χ0) is 26.9. The van der Waals surface area contributed by atoms with Crippen molar-refractivity contribution in [2.45, 2.75) is 51.4 Å². The van der Waals surface area contributed by atoms with Crippen molar-refractivity contribution in [3.05, 3.63) is 66.2 Å². The van der Waals surface area contributed by atoms with Crippen LogP contribution in [0, 0.1) is 5.82 Å². The van der Waals surface area contributed by atoms with Gasteiger partial charge in [0.1, 0.15) is 5.75 Å². The van der Waals surface area contributed by atoms with E-state index in [1.807, 2.05) is 18.3 Å². The quantitative estimate of drug-likeness (QED) is 0.273. The minimum absolute atomic E-state index is 0.0737. The van der Waals surface area contributed by atoms with Crippen LogP contribution in [0.25, 0.3) is 20.8 Å². The van der Waals surface area contributed by atoms with Gasteiger partial charge in [0, 0.05) is 68.0 Å². The Labute approximate surface area is 230 Å². The number of aromatic nitrogens is 2. The van der Waals surface area contributed by atoms with Crippen LogP contribution in [-0.4, -0.2) is 52.1 Å². The van der Waals surface area contributed by atoms with E-state index in [1.165, 1.54) is 29.0 Å². The van der Waals surface area contributed by atoms with Gasteiger partial charge in [0.05, 0.1) is 20.8 Å². The maximum absolute atomic E-state index is 14.9. The van der Waals surface area contributed by atoms with Crippen LogP contribution in [0.3, 0.4) is 0 Å².